The zero-order valence-electron chi connectivity index (χ0n) is 11.0. The van der Waals surface area contributed by atoms with E-state index in [1.165, 1.54) is 18.4 Å². The molecular weight excluding hydrogens is 278 g/mol. The van der Waals surface area contributed by atoms with Crippen LogP contribution in [0, 0.1) is 6.92 Å². The third kappa shape index (κ3) is 3.16. The molecule has 20 heavy (non-hydrogen) atoms. The lowest BCUT2D eigenvalue weighted by molar-refractivity contribution is 0.0607. The SMILES string of the molecule is COC(=O)c1scc(C)c1NC(=O)Oc1ccccc1. The van der Waals surface area contributed by atoms with Crippen molar-refractivity contribution in [1.29, 1.82) is 0 Å². The van der Waals surface area contributed by atoms with Gasteiger partial charge in [-0.15, -0.1) is 11.3 Å². The van der Waals surface area contributed by atoms with Crippen molar-refractivity contribution in [2.45, 2.75) is 6.92 Å². The minimum absolute atomic E-state index is 0.343. The average molecular weight is 291 g/mol. The minimum Gasteiger partial charge on any atom is -0.465 e. The first-order chi connectivity index (χ1) is 9.61. The monoisotopic (exact) mass is 291 g/mol. The van der Waals surface area contributed by atoms with Crippen molar-refractivity contribution in [3.05, 3.63) is 46.2 Å². The largest absolute Gasteiger partial charge is 0.465 e. The lowest BCUT2D eigenvalue weighted by Gasteiger charge is -2.08. The summed E-state index contributed by atoms with van der Waals surface area (Å²) in [6, 6.07) is 8.68. The van der Waals surface area contributed by atoms with Gasteiger partial charge in [-0.1, -0.05) is 18.2 Å². The van der Waals surface area contributed by atoms with Crippen molar-refractivity contribution in [2.24, 2.45) is 0 Å². The quantitative estimate of drug-likeness (QED) is 0.880. The molecule has 1 amide bonds. The third-order valence-electron chi connectivity index (χ3n) is 2.53. The number of esters is 1. The predicted molar refractivity (Wildman–Crippen MR) is 76.5 cm³/mol. The maximum atomic E-state index is 11.8. The van der Waals surface area contributed by atoms with Gasteiger partial charge in [0.2, 0.25) is 0 Å². The Bertz CT molecular complexity index is 621. The maximum absolute atomic E-state index is 11.8. The number of thiophene rings is 1. The van der Waals surface area contributed by atoms with Gasteiger partial charge in [0.25, 0.3) is 0 Å². The van der Waals surface area contributed by atoms with Crippen LogP contribution in [0.15, 0.2) is 35.7 Å². The van der Waals surface area contributed by atoms with Crippen LogP contribution in [-0.2, 0) is 4.74 Å². The molecule has 0 saturated carbocycles. The molecule has 6 heteroatoms. The van der Waals surface area contributed by atoms with Gasteiger partial charge in [-0.25, -0.2) is 9.59 Å². The Balaban J connectivity index is 2.12. The van der Waals surface area contributed by atoms with Gasteiger partial charge in [-0.2, -0.15) is 0 Å². The van der Waals surface area contributed by atoms with Gasteiger partial charge in [0.05, 0.1) is 12.8 Å². The Morgan fingerprint density at radius 2 is 1.90 bits per heavy atom. The second kappa shape index (κ2) is 6.21. The second-order valence-corrected chi connectivity index (χ2v) is 4.82. The van der Waals surface area contributed by atoms with Gasteiger partial charge in [0.1, 0.15) is 10.6 Å². The zero-order valence-corrected chi connectivity index (χ0v) is 11.8. The first-order valence-electron chi connectivity index (χ1n) is 5.82. The maximum Gasteiger partial charge on any atom is 0.417 e. The number of benzene rings is 1. The number of carbonyl (C=O) groups excluding carboxylic acids is 2. The molecule has 1 heterocycles. The van der Waals surface area contributed by atoms with Crippen LogP contribution in [0.4, 0.5) is 10.5 Å². The lowest BCUT2D eigenvalue weighted by Crippen LogP contribution is -2.18. The van der Waals surface area contributed by atoms with Crippen LogP contribution in [0.2, 0.25) is 0 Å². The van der Waals surface area contributed by atoms with E-state index in [0.717, 1.165) is 5.56 Å². The van der Waals surface area contributed by atoms with Crippen LogP contribution in [0.5, 0.6) is 5.75 Å². The van der Waals surface area contributed by atoms with E-state index in [1.807, 2.05) is 6.07 Å². The molecule has 0 aliphatic heterocycles. The standard InChI is InChI=1S/C14H13NO4S/c1-9-8-20-12(13(16)18-2)11(9)15-14(17)19-10-6-4-3-5-7-10/h3-8H,1-2H3,(H,15,17). The third-order valence-corrected chi connectivity index (χ3v) is 3.60. The molecule has 0 aliphatic rings. The molecule has 0 bridgehead atoms. The van der Waals surface area contributed by atoms with Crippen LogP contribution in [-0.4, -0.2) is 19.2 Å². The van der Waals surface area contributed by atoms with E-state index >= 15 is 0 Å². The van der Waals surface area contributed by atoms with Crippen molar-refractivity contribution in [1.82, 2.24) is 0 Å². The van der Waals surface area contributed by atoms with E-state index in [-0.39, 0.29) is 0 Å². The Hall–Kier alpha value is -2.34. The summed E-state index contributed by atoms with van der Waals surface area (Å²) < 4.78 is 9.78. The Morgan fingerprint density at radius 3 is 2.55 bits per heavy atom. The van der Waals surface area contributed by atoms with E-state index < -0.39 is 12.1 Å². The zero-order chi connectivity index (χ0) is 14.5. The summed E-state index contributed by atoms with van der Waals surface area (Å²) in [7, 11) is 1.30. The van der Waals surface area contributed by atoms with Crippen LogP contribution < -0.4 is 10.1 Å². The average Bonchev–Trinajstić information content (AvgIpc) is 2.80. The molecule has 0 aliphatic carbocycles. The number of anilines is 1. The number of rotatable bonds is 3. The van der Waals surface area contributed by atoms with Gasteiger partial charge in [-0.3, -0.25) is 5.32 Å². The number of hydrogen-bond acceptors (Lipinski definition) is 5. The normalized spacial score (nSPS) is 9.90. The number of aryl methyl sites for hydroxylation is 1. The molecule has 5 nitrogen and oxygen atoms in total. The van der Waals surface area contributed by atoms with Crippen LogP contribution in [0.3, 0.4) is 0 Å². The molecule has 104 valence electrons. The first kappa shape index (κ1) is 14.1. The molecule has 2 aromatic rings. The molecule has 1 aromatic carbocycles. The van der Waals surface area contributed by atoms with Crippen LogP contribution in [0.1, 0.15) is 15.2 Å². The van der Waals surface area contributed by atoms with Crippen LogP contribution >= 0.6 is 11.3 Å². The summed E-state index contributed by atoms with van der Waals surface area (Å²) in [6.45, 7) is 1.79. The summed E-state index contributed by atoms with van der Waals surface area (Å²) in [5, 5.41) is 4.34. The van der Waals surface area contributed by atoms with E-state index in [0.29, 0.717) is 16.3 Å². The molecule has 0 unspecified atom stereocenters. The van der Waals surface area contributed by atoms with Crippen molar-refractivity contribution in [2.75, 3.05) is 12.4 Å². The Morgan fingerprint density at radius 1 is 1.20 bits per heavy atom. The summed E-state index contributed by atoms with van der Waals surface area (Å²) in [5.74, 6) is -0.0596. The Labute approximate surface area is 120 Å². The number of hydrogen-bond donors (Lipinski definition) is 1. The van der Waals surface area contributed by atoms with E-state index in [1.54, 1.807) is 36.6 Å². The first-order valence-corrected chi connectivity index (χ1v) is 6.70. The molecule has 0 radical (unpaired) electrons. The topological polar surface area (TPSA) is 64.6 Å². The van der Waals surface area contributed by atoms with Gasteiger partial charge >= 0.3 is 12.1 Å². The van der Waals surface area contributed by atoms with E-state index in [2.05, 4.69) is 10.1 Å². The fourth-order valence-corrected chi connectivity index (χ4v) is 2.49. The smallest absolute Gasteiger partial charge is 0.417 e. The molecule has 0 spiro atoms. The minimum atomic E-state index is -0.650. The Kier molecular flexibility index (Phi) is 4.37. The lowest BCUT2D eigenvalue weighted by atomic mass is 10.3. The van der Waals surface area contributed by atoms with Gasteiger partial charge in [0, 0.05) is 0 Å². The van der Waals surface area contributed by atoms with Gasteiger partial charge in [-0.05, 0) is 30.0 Å². The molecule has 0 fully saturated rings. The predicted octanol–water partition coefficient (Wildman–Crippen LogP) is 3.45. The van der Waals surface area contributed by atoms with Crippen molar-refractivity contribution in [3.8, 4) is 5.75 Å². The summed E-state index contributed by atoms with van der Waals surface area (Å²) >= 11 is 1.21. The summed E-state index contributed by atoms with van der Waals surface area (Å²) in [6.07, 6.45) is -0.650. The summed E-state index contributed by atoms with van der Waals surface area (Å²) in [5.41, 5.74) is 1.20. The van der Waals surface area contributed by atoms with Crippen molar-refractivity contribution >= 4 is 29.1 Å². The highest BCUT2D eigenvalue weighted by Crippen LogP contribution is 2.28. The molecular formula is C14H13NO4S. The fourth-order valence-electron chi connectivity index (χ4n) is 1.57. The number of methoxy groups -OCH3 is 1. The molecule has 2 rings (SSSR count). The van der Waals surface area contributed by atoms with Gasteiger partial charge < -0.3 is 9.47 Å². The highest BCUT2D eigenvalue weighted by Gasteiger charge is 2.19. The summed E-state index contributed by atoms with van der Waals surface area (Å²) in [4.78, 5) is 23.7. The van der Waals surface area contributed by atoms with Crippen molar-refractivity contribution < 1.29 is 19.1 Å². The van der Waals surface area contributed by atoms with E-state index in [9.17, 15) is 9.59 Å². The van der Waals surface area contributed by atoms with Crippen LogP contribution in [0.25, 0.3) is 0 Å². The molecule has 1 N–H and O–H groups in total. The number of nitrogens with one attached hydrogen (secondary N) is 1. The van der Waals surface area contributed by atoms with Gasteiger partial charge in [0.15, 0.2) is 0 Å². The number of carbonyl (C=O) groups is 2. The highest BCUT2D eigenvalue weighted by atomic mass is 32.1. The van der Waals surface area contributed by atoms with Crippen molar-refractivity contribution in [3.63, 3.8) is 0 Å². The molecule has 1 aromatic heterocycles. The number of para-hydroxylation sites is 1. The second-order valence-electron chi connectivity index (χ2n) is 3.94. The number of amides is 1. The highest BCUT2D eigenvalue weighted by molar-refractivity contribution is 7.12. The fraction of sp³-hybridized carbons (Fsp3) is 0.143. The molecule has 0 saturated heterocycles. The molecule has 0 atom stereocenters. The van der Waals surface area contributed by atoms with E-state index in [4.69, 9.17) is 4.74 Å². The number of ether oxygens (including phenoxy) is 2.